The first-order valence-electron chi connectivity index (χ1n) is 8.94. The number of hydrogen-bond acceptors (Lipinski definition) is 3. The Bertz CT molecular complexity index is 952. The molecule has 3 rings (SSSR count). The van der Waals surface area contributed by atoms with Crippen LogP contribution in [-0.2, 0) is 6.42 Å². The average Bonchev–Trinajstić information content (AvgIpc) is 2.68. The summed E-state index contributed by atoms with van der Waals surface area (Å²) in [7, 11) is 0. The van der Waals surface area contributed by atoms with Gasteiger partial charge in [0.1, 0.15) is 5.75 Å². The first-order chi connectivity index (χ1) is 12.7. The highest BCUT2D eigenvalue weighted by molar-refractivity contribution is 5.92. The lowest BCUT2D eigenvalue weighted by Crippen LogP contribution is -2.08. The monoisotopic (exact) mass is 343 g/mol. The Balaban J connectivity index is 1.69. The summed E-state index contributed by atoms with van der Waals surface area (Å²) in [5.74, 6) is 0.136. The number of esters is 1. The van der Waals surface area contributed by atoms with E-state index in [1.807, 2.05) is 48.5 Å². The summed E-state index contributed by atoms with van der Waals surface area (Å²) >= 11 is 0. The van der Waals surface area contributed by atoms with Crippen molar-refractivity contribution in [2.45, 2.75) is 32.6 Å². The van der Waals surface area contributed by atoms with Gasteiger partial charge in [0, 0.05) is 0 Å². The molecule has 3 nitrogen and oxygen atoms in total. The van der Waals surface area contributed by atoms with Crippen LogP contribution in [0.1, 0.15) is 47.7 Å². The molecule has 3 heteroatoms. The zero-order chi connectivity index (χ0) is 18.4. The number of unbranched alkanes of at least 4 members (excludes halogenated alkanes) is 2. The van der Waals surface area contributed by atoms with Gasteiger partial charge in [0.25, 0.3) is 0 Å². The van der Waals surface area contributed by atoms with Gasteiger partial charge in [0.05, 0.1) is 17.2 Å². The molecule has 0 saturated carbocycles. The van der Waals surface area contributed by atoms with Crippen LogP contribution in [0.25, 0.3) is 10.8 Å². The second-order valence-corrected chi connectivity index (χ2v) is 6.38. The second kappa shape index (κ2) is 8.31. The van der Waals surface area contributed by atoms with Crippen molar-refractivity contribution in [1.82, 2.24) is 0 Å². The Morgan fingerprint density at radius 3 is 2.42 bits per heavy atom. The zero-order valence-corrected chi connectivity index (χ0v) is 14.9. The maximum atomic E-state index is 12.4. The van der Waals surface area contributed by atoms with Crippen molar-refractivity contribution in [2.24, 2.45) is 0 Å². The summed E-state index contributed by atoms with van der Waals surface area (Å²) in [5, 5.41) is 10.8. The SMILES string of the molecule is CCCCCc1ccc(C(=O)Oc2ccc3cc(C#N)ccc3c2)cc1. The van der Waals surface area contributed by atoms with E-state index >= 15 is 0 Å². The van der Waals surface area contributed by atoms with Crippen LogP contribution in [0.5, 0.6) is 5.75 Å². The molecular weight excluding hydrogens is 322 g/mol. The number of carbonyl (C=O) groups is 1. The molecule has 0 fully saturated rings. The number of benzene rings is 3. The van der Waals surface area contributed by atoms with Crippen LogP contribution in [-0.4, -0.2) is 5.97 Å². The first kappa shape index (κ1) is 17.7. The predicted molar refractivity (Wildman–Crippen MR) is 103 cm³/mol. The minimum Gasteiger partial charge on any atom is -0.423 e. The van der Waals surface area contributed by atoms with Gasteiger partial charge in [-0.3, -0.25) is 0 Å². The summed E-state index contributed by atoms with van der Waals surface area (Å²) in [5.41, 5.74) is 2.40. The zero-order valence-electron chi connectivity index (χ0n) is 14.9. The van der Waals surface area contributed by atoms with Gasteiger partial charge in [-0.15, -0.1) is 0 Å². The Kier molecular flexibility index (Phi) is 5.66. The number of ether oxygens (including phenoxy) is 1. The molecule has 0 saturated heterocycles. The maximum absolute atomic E-state index is 12.4. The highest BCUT2D eigenvalue weighted by Gasteiger charge is 2.09. The molecule has 0 bridgehead atoms. The van der Waals surface area contributed by atoms with Gasteiger partial charge in [-0.25, -0.2) is 4.79 Å². The highest BCUT2D eigenvalue weighted by Crippen LogP contribution is 2.23. The van der Waals surface area contributed by atoms with E-state index in [-0.39, 0.29) is 5.97 Å². The highest BCUT2D eigenvalue weighted by atomic mass is 16.5. The third-order valence-electron chi connectivity index (χ3n) is 4.41. The Hall–Kier alpha value is -3.12. The van der Waals surface area contributed by atoms with Crippen LogP contribution in [0.4, 0.5) is 0 Å². The average molecular weight is 343 g/mol. The fraction of sp³-hybridized carbons (Fsp3) is 0.217. The second-order valence-electron chi connectivity index (χ2n) is 6.38. The van der Waals surface area contributed by atoms with E-state index in [0.717, 1.165) is 17.2 Å². The smallest absolute Gasteiger partial charge is 0.343 e. The standard InChI is InChI=1S/C23H21NO2/c1-2-3-4-5-17-6-9-19(10-7-17)23(25)26-22-13-12-20-14-18(16-24)8-11-21(20)15-22/h6-15H,2-5H2,1H3. The van der Waals surface area contributed by atoms with Crippen molar-refractivity contribution < 1.29 is 9.53 Å². The number of fused-ring (bicyclic) bond motifs is 1. The maximum Gasteiger partial charge on any atom is 0.343 e. The van der Waals surface area contributed by atoms with Crippen molar-refractivity contribution in [3.8, 4) is 11.8 Å². The number of rotatable bonds is 6. The van der Waals surface area contributed by atoms with E-state index in [1.165, 1.54) is 24.8 Å². The molecule has 0 amide bonds. The predicted octanol–water partition coefficient (Wildman–Crippen LogP) is 5.66. The van der Waals surface area contributed by atoms with E-state index < -0.39 is 0 Å². The number of hydrogen-bond donors (Lipinski definition) is 0. The van der Waals surface area contributed by atoms with Crippen molar-refractivity contribution in [3.63, 3.8) is 0 Å². The normalized spacial score (nSPS) is 10.5. The summed E-state index contributed by atoms with van der Waals surface area (Å²) < 4.78 is 5.50. The minimum absolute atomic E-state index is 0.363. The molecular formula is C23H21NO2. The van der Waals surface area contributed by atoms with Gasteiger partial charge >= 0.3 is 5.97 Å². The van der Waals surface area contributed by atoms with Crippen molar-refractivity contribution in [1.29, 1.82) is 5.26 Å². The van der Waals surface area contributed by atoms with Crippen LogP contribution < -0.4 is 4.74 Å². The van der Waals surface area contributed by atoms with Crippen molar-refractivity contribution >= 4 is 16.7 Å². The topological polar surface area (TPSA) is 50.1 Å². The molecule has 3 aromatic carbocycles. The Morgan fingerprint density at radius 2 is 1.69 bits per heavy atom. The van der Waals surface area contributed by atoms with E-state index in [4.69, 9.17) is 10.00 Å². The van der Waals surface area contributed by atoms with Gasteiger partial charge in [-0.2, -0.15) is 5.26 Å². The van der Waals surface area contributed by atoms with Crippen LogP contribution >= 0.6 is 0 Å². The van der Waals surface area contributed by atoms with Crippen LogP contribution in [0, 0.1) is 11.3 Å². The molecule has 0 aliphatic rings. The summed E-state index contributed by atoms with van der Waals surface area (Å²) in [4.78, 5) is 12.4. The lowest BCUT2D eigenvalue weighted by Gasteiger charge is -2.07. The minimum atomic E-state index is -0.363. The lowest BCUT2D eigenvalue weighted by atomic mass is 10.1. The largest absolute Gasteiger partial charge is 0.423 e. The van der Waals surface area contributed by atoms with Crippen molar-refractivity contribution in [2.75, 3.05) is 0 Å². The van der Waals surface area contributed by atoms with E-state index in [1.54, 1.807) is 12.1 Å². The molecule has 0 unspecified atom stereocenters. The molecule has 130 valence electrons. The summed E-state index contributed by atoms with van der Waals surface area (Å²) in [6.07, 6.45) is 4.64. The van der Waals surface area contributed by atoms with Crippen LogP contribution in [0.15, 0.2) is 60.7 Å². The van der Waals surface area contributed by atoms with Gasteiger partial charge in [0.15, 0.2) is 0 Å². The Labute approximate surface area is 153 Å². The molecule has 0 aliphatic carbocycles. The molecule has 0 N–H and O–H groups in total. The molecule has 26 heavy (non-hydrogen) atoms. The Morgan fingerprint density at radius 1 is 0.962 bits per heavy atom. The molecule has 0 atom stereocenters. The quantitative estimate of drug-likeness (QED) is 0.329. The number of aryl methyl sites for hydroxylation is 1. The third-order valence-corrected chi connectivity index (χ3v) is 4.41. The molecule has 0 aliphatic heterocycles. The van der Waals surface area contributed by atoms with E-state index in [9.17, 15) is 4.79 Å². The van der Waals surface area contributed by atoms with Crippen LogP contribution in [0.2, 0.25) is 0 Å². The number of carbonyl (C=O) groups excluding carboxylic acids is 1. The van der Waals surface area contributed by atoms with E-state index in [2.05, 4.69) is 13.0 Å². The fourth-order valence-corrected chi connectivity index (χ4v) is 2.91. The molecule has 0 heterocycles. The number of nitriles is 1. The number of nitrogens with zero attached hydrogens (tertiary/aromatic N) is 1. The molecule has 0 spiro atoms. The van der Waals surface area contributed by atoms with E-state index in [0.29, 0.717) is 16.9 Å². The van der Waals surface area contributed by atoms with Crippen LogP contribution in [0.3, 0.4) is 0 Å². The van der Waals surface area contributed by atoms with Gasteiger partial charge < -0.3 is 4.74 Å². The molecule has 3 aromatic rings. The first-order valence-corrected chi connectivity index (χ1v) is 8.94. The third kappa shape index (κ3) is 4.29. The summed E-state index contributed by atoms with van der Waals surface area (Å²) in [6.45, 7) is 2.19. The van der Waals surface area contributed by atoms with Gasteiger partial charge in [0.2, 0.25) is 0 Å². The van der Waals surface area contributed by atoms with Gasteiger partial charge in [-0.05, 0) is 65.6 Å². The van der Waals surface area contributed by atoms with Crippen molar-refractivity contribution in [3.05, 3.63) is 77.4 Å². The van der Waals surface area contributed by atoms with Gasteiger partial charge in [-0.1, -0.05) is 44.0 Å². The summed E-state index contributed by atoms with van der Waals surface area (Å²) in [6, 6.07) is 20.6. The molecule has 0 aromatic heterocycles. The molecule has 0 radical (unpaired) electrons. The lowest BCUT2D eigenvalue weighted by molar-refractivity contribution is 0.0735. The fourth-order valence-electron chi connectivity index (χ4n) is 2.91.